The quantitative estimate of drug-likeness (QED) is 0.470. The predicted molar refractivity (Wildman–Crippen MR) is 50.7 cm³/mol. The molecule has 4 nitrogen and oxygen atoms in total. The highest BCUT2D eigenvalue weighted by molar-refractivity contribution is 14.1. The van der Waals surface area contributed by atoms with Gasteiger partial charge in [-0.3, -0.25) is 0 Å². The van der Waals surface area contributed by atoms with Crippen LogP contribution < -0.4 is 0 Å². The maximum atomic E-state index is 12.9. The lowest BCUT2D eigenvalue weighted by molar-refractivity contribution is 0.0513. The van der Waals surface area contributed by atoms with E-state index < -0.39 is 11.8 Å². The fourth-order valence-electron chi connectivity index (χ4n) is 0.688. The summed E-state index contributed by atoms with van der Waals surface area (Å²) in [6.07, 6.45) is 0.945. The minimum Gasteiger partial charge on any atom is -0.461 e. The molecule has 0 aromatic carbocycles. The minimum absolute atomic E-state index is 0.193. The van der Waals surface area contributed by atoms with Crippen molar-refractivity contribution in [3.63, 3.8) is 0 Å². The van der Waals surface area contributed by atoms with Gasteiger partial charge in [-0.05, 0) is 6.92 Å². The lowest BCUT2D eigenvalue weighted by Gasteiger charge is -2.01. The van der Waals surface area contributed by atoms with Crippen molar-refractivity contribution in [3.8, 4) is 0 Å². The molecule has 0 saturated heterocycles. The average Bonchev–Trinajstić information content (AvgIpc) is 2.09. The standard InChI is InChI=1S/C7H6FIN2O2/c1-2-13-6(12)5-4(8)3-10-7(9)11-5/h3H,2H2,1H3. The Labute approximate surface area is 87.7 Å². The van der Waals surface area contributed by atoms with Crippen molar-refractivity contribution >= 4 is 28.6 Å². The predicted octanol–water partition coefficient (Wildman–Crippen LogP) is 1.40. The smallest absolute Gasteiger partial charge is 0.360 e. The molecule has 1 heterocycles. The molecule has 0 radical (unpaired) electrons. The third kappa shape index (κ3) is 2.58. The van der Waals surface area contributed by atoms with Gasteiger partial charge in [0.15, 0.2) is 15.3 Å². The summed E-state index contributed by atoms with van der Waals surface area (Å²) < 4.78 is 17.8. The molecule has 0 bridgehead atoms. The number of hydrogen-bond donors (Lipinski definition) is 0. The molecule has 1 aromatic rings. The molecule has 0 atom stereocenters. The number of nitrogens with zero attached hydrogens (tertiary/aromatic N) is 2. The van der Waals surface area contributed by atoms with E-state index in [-0.39, 0.29) is 12.3 Å². The maximum absolute atomic E-state index is 12.9. The fourth-order valence-corrected chi connectivity index (χ4v) is 1.07. The van der Waals surface area contributed by atoms with Crippen LogP contribution in [0.15, 0.2) is 6.20 Å². The van der Waals surface area contributed by atoms with Gasteiger partial charge in [0.1, 0.15) is 0 Å². The first-order valence-corrected chi connectivity index (χ1v) is 4.58. The van der Waals surface area contributed by atoms with E-state index in [0.717, 1.165) is 6.20 Å². The minimum atomic E-state index is -0.765. The number of esters is 1. The van der Waals surface area contributed by atoms with E-state index in [4.69, 9.17) is 0 Å². The lowest BCUT2D eigenvalue weighted by Crippen LogP contribution is -2.11. The summed E-state index contributed by atoms with van der Waals surface area (Å²) in [5.41, 5.74) is -0.318. The van der Waals surface area contributed by atoms with Crippen LogP contribution in [0.1, 0.15) is 17.4 Å². The lowest BCUT2D eigenvalue weighted by atomic mass is 10.4. The monoisotopic (exact) mass is 296 g/mol. The average molecular weight is 296 g/mol. The molecule has 70 valence electrons. The number of rotatable bonds is 2. The summed E-state index contributed by atoms with van der Waals surface area (Å²) in [5.74, 6) is -1.53. The molecular formula is C7H6FIN2O2. The van der Waals surface area contributed by atoms with Crippen molar-refractivity contribution in [1.29, 1.82) is 0 Å². The molecule has 0 spiro atoms. The molecule has 0 aliphatic rings. The molecule has 1 rings (SSSR count). The molecule has 1 aromatic heterocycles. The summed E-state index contributed by atoms with van der Waals surface area (Å²) in [4.78, 5) is 18.3. The Balaban J connectivity index is 2.99. The maximum Gasteiger partial charge on any atom is 0.360 e. The van der Waals surface area contributed by atoms with E-state index in [0.29, 0.717) is 3.83 Å². The number of aromatic nitrogens is 2. The number of hydrogen-bond acceptors (Lipinski definition) is 4. The summed E-state index contributed by atoms with van der Waals surface area (Å²) >= 11 is 1.79. The van der Waals surface area contributed by atoms with Crippen molar-refractivity contribution in [2.24, 2.45) is 0 Å². The van der Waals surface area contributed by atoms with Crippen molar-refractivity contribution in [2.45, 2.75) is 6.92 Å². The topological polar surface area (TPSA) is 52.1 Å². The van der Waals surface area contributed by atoms with Crippen LogP contribution in [0.2, 0.25) is 0 Å². The van der Waals surface area contributed by atoms with Gasteiger partial charge in [-0.15, -0.1) is 0 Å². The molecule has 0 fully saturated rings. The molecule has 0 aliphatic heterocycles. The van der Waals surface area contributed by atoms with Gasteiger partial charge < -0.3 is 4.74 Å². The zero-order chi connectivity index (χ0) is 9.84. The molecule has 0 N–H and O–H groups in total. The molecule has 0 aliphatic carbocycles. The van der Waals surface area contributed by atoms with Gasteiger partial charge in [0, 0.05) is 22.6 Å². The van der Waals surface area contributed by atoms with Crippen LogP contribution in [0.5, 0.6) is 0 Å². The van der Waals surface area contributed by atoms with Crippen LogP contribution in [0.25, 0.3) is 0 Å². The number of carbonyl (C=O) groups excluding carboxylic acids is 1. The zero-order valence-electron chi connectivity index (χ0n) is 6.75. The van der Waals surface area contributed by atoms with Gasteiger partial charge in [0.25, 0.3) is 0 Å². The largest absolute Gasteiger partial charge is 0.461 e. The Morgan fingerprint density at radius 2 is 2.46 bits per heavy atom. The first-order valence-electron chi connectivity index (χ1n) is 3.50. The summed E-state index contributed by atoms with van der Waals surface area (Å²) in [6, 6.07) is 0. The van der Waals surface area contributed by atoms with E-state index in [2.05, 4.69) is 14.7 Å². The first kappa shape index (κ1) is 10.3. The van der Waals surface area contributed by atoms with Crippen LogP contribution in [-0.4, -0.2) is 22.5 Å². The number of ether oxygens (including phenoxy) is 1. The highest BCUT2D eigenvalue weighted by Crippen LogP contribution is 2.06. The van der Waals surface area contributed by atoms with Gasteiger partial charge in [-0.1, -0.05) is 0 Å². The molecule has 0 saturated carbocycles. The fraction of sp³-hybridized carbons (Fsp3) is 0.286. The van der Waals surface area contributed by atoms with Crippen LogP contribution in [0, 0.1) is 9.65 Å². The highest BCUT2D eigenvalue weighted by atomic mass is 127. The number of halogens is 2. The number of carbonyl (C=O) groups is 1. The van der Waals surface area contributed by atoms with E-state index in [1.807, 2.05) is 0 Å². The van der Waals surface area contributed by atoms with Crippen molar-refractivity contribution < 1.29 is 13.9 Å². The summed E-state index contributed by atoms with van der Waals surface area (Å²) in [6.45, 7) is 1.83. The van der Waals surface area contributed by atoms with E-state index in [1.54, 1.807) is 29.5 Å². The molecule has 6 heteroatoms. The van der Waals surface area contributed by atoms with Crippen molar-refractivity contribution in [1.82, 2.24) is 9.97 Å². The Morgan fingerprint density at radius 1 is 1.77 bits per heavy atom. The van der Waals surface area contributed by atoms with Gasteiger partial charge in [-0.2, -0.15) is 0 Å². The van der Waals surface area contributed by atoms with Gasteiger partial charge in [0.2, 0.25) is 0 Å². The Bertz CT molecular complexity index is 332. The van der Waals surface area contributed by atoms with Gasteiger partial charge >= 0.3 is 5.97 Å². The molecule has 0 amide bonds. The molecule has 0 unspecified atom stereocenters. The van der Waals surface area contributed by atoms with E-state index in [1.165, 1.54) is 0 Å². The molecular weight excluding hydrogens is 290 g/mol. The van der Waals surface area contributed by atoms with E-state index in [9.17, 15) is 9.18 Å². The van der Waals surface area contributed by atoms with Gasteiger partial charge in [-0.25, -0.2) is 19.2 Å². The van der Waals surface area contributed by atoms with Crippen LogP contribution in [0.4, 0.5) is 4.39 Å². The second kappa shape index (κ2) is 4.45. The Hall–Kier alpha value is -0.790. The normalized spacial score (nSPS) is 9.77. The third-order valence-corrected chi connectivity index (χ3v) is 1.70. The Kier molecular flexibility index (Phi) is 3.52. The van der Waals surface area contributed by atoms with Crippen molar-refractivity contribution in [3.05, 3.63) is 21.5 Å². The van der Waals surface area contributed by atoms with Crippen LogP contribution in [0.3, 0.4) is 0 Å². The van der Waals surface area contributed by atoms with Crippen LogP contribution >= 0.6 is 22.6 Å². The second-order valence-electron chi connectivity index (χ2n) is 2.06. The van der Waals surface area contributed by atoms with E-state index >= 15 is 0 Å². The highest BCUT2D eigenvalue weighted by Gasteiger charge is 2.15. The van der Waals surface area contributed by atoms with Crippen LogP contribution in [-0.2, 0) is 4.74 Å². The molecule has 13 heavy (non-hydrogen) atoms. The second-order valence-corrected chi connectivity index (χ2v) is 3.02. The van der Waals surface area contributed by atoms with Crippen molar-refractivity contribution in [2.75, 3.05) is 6.61 Å². The summed E-state index contributed by atoms with van der Waals surface area (Å²) in [7, 11) is 0. The first-order chi connectivity index (χ1) is 6.15. The summed E-state index contributed by atoms with van der Waals surface area (Å²) in [5, 5.41) is 0. The zero-order valence-corrected chi connectivity index (χ0v) is 8.91. The Morgan fingerprint density at radius 3 is 3.08 bits per heavy atom. The third-order valence-electron chi connectivity index (χ3n) is 1.18. The van der Waals surface area contributed by atoms with Gasteiger partial charge in [0.05, 0.1) is 12.8 Å². The SMILES string of the molecule is CCOC(=O)c1nc(I)ncc1F.